The van der Waals surface area contributed by atoms with E-state index in [1.807, 2.05) is 0 Å². The van der Waals surface area contributed by atoms with Gasteiger partial charge in [-0.3, -0.25) is 9.59 Å². The van der Waals surface area contributed by atoms with Gasteiger partial charge in [-0.25, -0.2) is 4.79 Å². The Kier molecular flexibility index (Phi) is 5.25. The number of methoxy groups -OCH3 is 1. The van der Waals surface area contributed by atoms with Crippen molar-refractivity contribution in [2.24, 2.45) is 5.73 Å². The molecule has 0 aliphatic rings. The number of esters is 1. The molecule has 0 heterocycles. The third-order valence-electron chi connectivity index (χ3n) is 1.43. The summed E-state index contributed by atoms with van der Waals surface area (Å²) in [4.78, 5) is 31.3. The van der Waals surface area contributed by atoms with Gasteiger partial charge in [-0.15, -0.1) is 0 Å². The molecule has 3 N–H and O–H groups in total. The highest BCUT2D eigenvalue weighted by atomic mass is 16.5. The molecule has 0 saturated heterocycles. The van der Waals surface area contributed by atoms with Gasteiger partial charge in [-0.2, -0.15) is 0 Å². The van der Waals surface area contributed by atoms with Gasteiger partial charge in [0.2, 0.25) is 12.3 Å². The van der Waals surface area contributed by atoms with E-state index in [0.717, 1.165) is 0 Å². The zero-order chi connectivity index (χ0) is 10.3. The Morgan fingerprint density at radius 2 is 2.23 bits per heavy atom. The first-order valence-corrected chi connectivity index (χ1v) is 3.67. The van der Waals surface area contributed by atoms with Crippen molar-refractivity contribution < 1.29 is 19.1 Å². The summed E-state index contributed by atoms with van der Waals surface area (Å²) in [6.45, 7) is 0. The Labute approximate surface area is 75.4 Å². The zero-order valence-electron chi connectivity index (χ0n) is 7.28. The molecule has 6 heteroatoms. The first kappa shape index (κ1) is 11.4. The van der Waals surface area contributed by atoms with E-state index >= 15 is 0 Å². The van der Waals surface area contributed by atoms with E-state index in [0.29, 0.717) is 6.41 Å². The Hall–Kier alpha value is -1.59. The van der Waals surface area contributed by atoms with Crippen LogP contribution in [-0.4, -0.2) is 31.4 Å². The summed E-state index contributed by atoms with van der Waals surface area (Å²) in [6, 6.07) is -0.796. The maximum atomic E-state index is 10.9. The molecule has 2 amide bonds. The monoisotopic (exact) mass is 188 g/mol. The minimum absolute atomic E-state index is 0.0284. The third-order valence-corrected chi connectivity index (χ3v) is 1.43. The minimum Gasteiger partial charge on any atom is -0.467 e. The van der Waals surface area contributed by atoms with E-state index in [4.69, 9.17) is 5.73 Å². The highest BCUT2D eigenvalue weighted by molar-refractivity contribution is 5.80. The molecule has 0 rings (SSSR count). The zero-order valence-corrected chi connectivity index (χ0v) is 7.28. The predicted octanol–water partition coefficient (Wildman–Crippen LogP) is -1.46. The van der Waals surface area contributed by atoms with Crippen molar-refractivity contribution in [2.45, 2.75) is 18.9 Å². The van der Waals surface area contributed by atoms with Crippen molar-refractivity contribution in [1.29, 1.82) is 0 Å². The van der Waals surface area contributed by atoms with Crippen LogP contribution in [0, 0.1) is 0 Å². The molecule has 0 fully saturated rings. The molecule has 1 atom stereocenters. The molecule has 0 aliphatic carbocycles. The lowest BCUT2D eigenvalue weighted by atomic mass is 10.1. The lowest BCUT2D eigenvalue weighted by Gasteiger charge is -2.11. The fourth-order valence-corrected chi connectivity index (χ4v) is 0.780. The second-order valence-electron chi connectivity index (χ2n) is 2.37. The highest BCUT2D eigenvalue weighted by Gasteiger charge is 2.18. The summed E-state index contributed by atoms with van der Waals surface area (Å²) < 4.78 is 4.38. The van der Waals surface area contributed by atoms with Crippen LogP contribution in [0.25, 0.3) is 0 Å². The number of hydrogen-bond acceptors (Lipinski definition) is 4. The van der Waals surface area contributed by atoms with Gasteiger partial charge in [0, 0.05) is 6.42 Å². The van der Waals surface area contributed by atoms with Crippen molar-refractivity contribution in [1.82, 2.24) is 5.32 Å². The Morgan fingerprint density at radius 3 is 2.62 bits per heavy atom. The van der Waals surface area contributed by atoms with Crippen LogP contribution in [0.4, 0.5) is 0 Å². The maximum absolute atomic E-state index is 10.9. The highest BCUT2D eigenvalue weighted by Crippen LogP contribution is 1.97. The first-order valence-electron chi connectivity index (χ1n) is 3.67. The molecule has 0 radical (unpaired) electrons. The average Bonchev–Trinajstić information content (AvgIpc) is 2.10. The van der Waals surface area contributed by atoms with Gasteiger partial charge in [0.1, 0.15) is 6.04 Å². The van der Waals surface area contributed by atoms with Crippen molar-refractivity contribution >= 4 is 18.3 Å². The summed E-state index contributed by atoms with van der Waals surface area (Å²) in [5.41, 5.74) is 4.87. The summed E-state index contributed by atoms with van der Waals surface area (Å²) >= 11 is 0. The number of ether oxygens (including phenoxy) is 1. The first-order chi connectivity index (χ1) is 6.11. The molecular formula is C7H12N2O4. The Bertz CT molecular complexity index is 205. The second kappa shape index (κ2) is 5.99. The molecule has 6 nitrogen and oxygen atoms in total. The van der Waals surface area contributed by atoms with Crippen molar-refractivity contribution in [3.63, 3.8) is 0 Å². The van der Waals surface area contributed by atoms with E-state index in [1.54, 1.807) is 0 Å². The Morgan fingerprint density at radius 1 is 1.62 bits per heavy atom. The standard InChI is InChI=1S/C7H12N2O4/c1-13-7(12)5(9-4-10)2-3-6(8)11/h4-5H,2-3H2,1H3,(H2,8,11)(H,9,10). The number of primary amides is 1. The topological polar surface area (TPSA) is 98.5 Å². The molecule has 0 aromatic heterocycles. The largest absolute Gasteiger partial charge is 0.467 e. The number of nitrogens with one attached hydrogen (secondary N) is 1. The Balaban J connectivity index is 4.00. The molecule has 0 aromatic rings. The lowest BCUT2D eigenvalue weighted by Crippen LogP contribution is -2.37. The fourth-order valence-electron chi connectivity index (χ4n) is 0.780. The van der Waals surface area contributed by atoms with Gasteiger partial charge in [0.05, 0.1) is 7.11 Å². The van der Waals surface area contributed by atoms with Gasteiger partial charge in [-0.05, 0) is 6.42 Å². The average molecular weight is 188 g/mol. The molecule has 1 unspecified atom stereocenters. The molecule has 0 bridgehead atoms. The smallest absolute Gasteiger partial charge is 0.328 e. The SMILES string of the molecule is COC(=O)C(CCC(N)=O)NC=O. The van der Waals surface area contributed by atoms with Crippen molar-refractivity contribution in [3.8, 4) is 0 Å². The minimum atomic E-state index is -0.796. The van der Waals surface area contributed by atoms with E-state index in [1.165, 1.54) is 7.11 Å². The number of rotatable bonds is 6. The van der Waals surface area contributed by atoms with Crippen LogP contribution >= 0.6 is 0 Å². The molecule has 0 saturated carbocycles. The van der Waals surface area contributed by atoms with Crippen LogP contribution in [0.15, 0.2) is 0 Å². The second-order valence-corrected chi connectivity index (χ2v) is 2.37. The number of hydrogen-bond donors (Lipinski definition) is 2. The summed E-state index contributed by atoms with van der Waals surface area (Å²) in [6.07, 6.45) is 0.559. The molecule has 74 valence electrons. The number of nitrogens with two attached hydrogens (primary N) is 1. The van der Waals surface area contributed by atoms with Crippen LogP contribution in [-0.2, 0) is 19.1 Å². The molecule has 0 aromatic carbocycles. The number of carbonyl (C=O) groups excluding carboxylic acids is 3. The molecular weight excluding hydrogens is 176 g/mol. The third kappa shape index (κ3) is 4.78. The summed E-state index contributed by atoms with van der Waals surface area (Å²) in [7, 11) is 1.20. The molecule has 0 spiro atoms. The van der Waals surface area contributed by atoms with Gasteiger partial charge in [0.15, 0.2) is 0 Å². The maximum Gasteiger partial charge on any atom is 0.328 e. The van der Waals surface area contributed by atoms with Crippen LogP contribution in [0.1, 0.15) is 12.8 Å². The van der Waals surface area contributed by atoms with Gasteiger partial charge < -0.3 is 15.8 Å². The van der Waals surface area contributed by atoms with E-state index in [2.05, 4.69) is 10.1 Å². The summed E-state index contributed by atoms with van der Waals surface area (Å²) in [5.74, 6) is -1.12. The van der Waals surface area contributed by atoms with Crippen LogP contribution in [0.2, 0.25) is 0 Å². The summed E-state index contributed by atoms with van der Waals surface area (Å²) in [5, 5.41) is 2.23. The van der Waals surface area contributed by atoms with Crippen LogP contribution in [0.5, 0.6) is 0 Å². The van der Waals surface area contributed by atoms with Gasteiger partial charge in [-0.1, -0.05) is 0 Å². The lowest BCUT2D eigenvalue weighted by molar-refractivity contribution is -0.144. The van der Waals surface area contributed by atoms with E-state index in [-0.39, 0.29) is 12.8 Å². The van der Waals surface area contributed by atoms with Gasteiger partial charge in [0.25, 0.3) is 0 Å². The predicted molar refractivity (Wildman–Crippen MR) is 43.4 cm³/mol. The number of carbonyl (C=O) groups is 3. The van der Waals surface area contributed by atoms with Crippen molar-refractivity contribution in [2.75, 3.05) is 7.11 Å². The normalized spacial score (nSPS) is 11.5. The van der Waals surface area contributed by atoms with Crippen molar-refractivity contribution in [3.05, 3.63) is 0 Å². The van der Waals surface area contributed by atoms with E-state index in [9.17, 15) is 14.4 Å². The van der Waals surface area contributed by atoms with Crippen LogP contribution < -0.4 is 11.1 Å². The quantitative estimate of drug-likeness (QED) is 0.393. The van der Waals surface area contributed by atoms with Gasteiger partial charge >= 0.3 is 5.97 Å². The molecule has 13 heavy (non-hydrogen) atoms. The van der Waals surface area contributed by atoms with Crippen LogP contribution in [0.3, 0.4) is 0 Å². The fraction of sp³-hybridized carbons (Fsp3) is 0.571. The molecule has 0 aliphatic heterocycles. The van der Waals surface area contributed by atoms with E-state index < -0.39 is 17.9 Å². The number of amides is 2.